The summed E-state index contributed by atoms with van der Waals surface area (Å²) in [5.41, 5.74) is 3.89. The molecule has 1 heterocycles. The highest BCUT2D eigenvalue weighted by Gasteiger charge is 2.48. The number of ether oxygens (including phenoxy) is 3. The molecule has 4 fully saturated rings. The standard InChI is InChI=1S/C32H50O3/c1-3-5-7-9-11-17-31-18-21-32(22-19-31,23-20-31)28-15-13-27(14-16-28)29-25-35-30(26-34-29)33-24-12-10-8-6-4-2/h10,12-16,29-30H,3-9,11,17-26H2,1-2H3/t29-,30+,31?,32?/m1/s1. The van der Waals surface area contributed by atoms with Gasteiger partial charge < -0.3 is 14.2 Å². The normalized spacial score (nSPS) is 30.8. The molecule has 4 aliphatic rings. The van der Waals surface area contributed by atoms with E-state index >= 15 is 0 Å². The summed E-state index contributed by atoms with van der Waals surface area (Å²) in [4.78, 5) is 0. The predicted molar refractivity (Wildman–Crippen MR) is 145 cm³/mol. The van der Waals surface area contributed by atoms with Crippen LogP contribution in [-0.4, -0.2) is 26.1 Å². The number of allylic oxidation sites excluding steroid dienone is 1. The van der Waals surface area contributed by atoms with Crippen molar-refractivity contribution in [3.05, 3.63) is 47.5 Å². The monoisotopic (exact) mass is 482 g/mol. The Labute approximate surface area is 215 Å². The molecule has 5 rings (SSSR count). The van der Waals surface area contributed by atoms with Gasteiger partial charge in [-0.1, -0.05) is 95.2 Å². The van der Waals surface area contributed by atoms with Gasteiger partial charge in [-0.15, -0.1) is 0 Å². The molecule has 35 heavy (non-hydrogen) atoms. The number of hydrogen-bond donors (Lipinski definition) is 0. The van der Waals surface area contributed by atoms with E-state index in [4.69, 9.17) is 14.2 Å². The van der Waals surface area contributed by atoms with Crippen molar-refractivity contribution in [2.24, 2.45) is 5.41 Å². The minimum absolute atomic E-state index is 0.0135. The molecule has 1 aliphatic heterocycles. The summed E-state index contributed by atoms with van der Waals surface area (Å²) in [6.07, 6.45) is 24.7. The van der Waals surface area contributed by atoms with Crippen LogP contribution in [-0.2, 0) is 19.6 Å². The molecule has 3 aliphatic carbocycles. The maximum absolute atomic E-state index is 6.12. The zero-order valence-corrected chi connectivity index (χ0v) is 22.6. The molecule has 0 spiro atoms. The zero-order chi connectivity index (χ0) is 24.4. The molecule has 3 heteroatoms. The lowest BCUT2D eigenvalue weighted by molar-refractivity contribution is -0.232. The van der Waals surface area contributed by atoms with Crippen molar-refractivity contribution in [2.45, 2.75) is 128 Å². The van der Waals surface area contributed by atoms with Crippen LogP contribution in [0, 0.1) is 5.41 Å². The number of fused-ring (bicyclic) bond motifs is 3. The Morgan fingerprint density at radius 1 is 0.800 bits per heavy atom. The molecular formula is C32H50O3. The van der Waals surface area contributed by atoms with Crippen LogP contribution in [0.15, 0.2) is 36.4 Å². The summed E-state index contributed by atoms with van der Waals surface area (Å²) in [5.74, 6) is 0. The molecule has 196 valence electrons. The number of benzene rings is 1. The Morgan fingerprint density at radius 2 is 1.51 bits per heavy atom. The van der Waals surface area contributed by atoms with E-state index in [9.17, 15) is 0 Å². The molecule has 0 unspecified atom stereocenters. The largest absolute Gasteiger partial charge is 0.366 e. The highest BCUT2D eigenvalue weighted by Crippen LogP contribution is 2.59. The highest BCUT2D eigenvalue weighted by molar-refractivity contribution is 5.32. The first-order valence-corrected chi connectivity index (χ1v) is 14.8. The van der Waals surface area contributed by atoms with Gasteiger partial charge in [0.25, 0.3) is 0 Å². The second-order valence-electron chi connectivity index (χ2n) is 11.6. The Hall–Kier alpha value is -1.16. The van der Waals surface area contributed by atoms with Crippen LogP contribution in [0.2, 0.25) is 0 Å². The van der Waals surface area contributed by atoms with Gasteiger partial charge in [0.2, 0.25) is 0 Å². The third-order valence-corrected chi connectivity index (χ3v) is 9.24. The fourth-order valence-corrected chi connectivity index (χ4v) is 6.67. The molecule has 1 aromatic carbocycles. The van der Waals surface area contributed by atoms with E-state index in [2.05, 4.69) is 50.3 Å². The third-order valence-electron chi connectivity index (χ3n) is 9.24. The summed E-state index contributed by atoms with van der Waals surface area (Å²) >= 11 is 0. The molecule has 3 nitrogen and oxygen atoms in total. The lowest BCUT2D eigenvalue weighted by Crippen LogP contribution is -2.44. The molecule has 1 aromatic rings. The van der Waals surface area contributed by atoms with E-state index in [0.717, 1.165) is 6.42 Å². The minimum Gasteiger partial charge on any atom is -0.366 e. The molecule has 3 saturated carbocycles. The lowest BCUT2D eigenvalue weighted by Gasteiger charge is -2.54. The van der Waals surface area contributed by atoms with Crippen molar-refractivity contribution >= 4 is 0 Å². The third kappa shape index (κ3) is 7.21. The van der Waals surface area contributed by atoms with Gasteiger partial charge in [-0.05, 0) is 73.3 Å². The highest BCUT2D eigenvalue weighted by atomic mass is 16.7. The van der Waals surface area contributed by atoms with E-state index in [1.54, 1.807) is 5.56 Å². The fourth-order valence-electron chi connectivity index (χ4n) is 6.67. The summed E-state index contributed by atoms with van der Waals surface area (Å²) < 4.78 is 17.9. The van der Waals surface area contributed by atoms with Gasteiger partial charge in [-0.25, -0.2) is 0 Å². The number of unbranched alkanes of at least 4 members (excludes halogenated alkanes) is 6. The molecule has 0 aromatic heterocycles. The second kappa shape index (κ2) is 13.4. The van der Waals surface area contributed by atoms with Gasteiger partial charge in [-0.2, -0.15) is 0 Å². The average molecular weight is 483 g/mol. The van der Waals surface area contributed by atoms with E-state index in [0.29, 0.717) is 30.7 Å². The van der Waals surface area contributed by atoms with Crippen LogP contribution in [0.5, 0.6) is 0 Å². The van der Waals surface area contributed by atoms with E-state index in [1.807, 2.05) is 0 Å². The minimum atomic E-state index is -0.253. The molecule has 0 radical (unpaired) electrons. The molecule has 2 atom stereocenters. The van der Waals surface area contributed by atoms with Gasteiger partial charge in [0.15, 0.2) is 6.29 Å². The van der Waals surface area contributed by atoms with Crippen molar-refractivity contribution in [1.29, 1.82) is 0 Å². The first-order chi connectivity index (χ1) is 17.2. The van der Waals surface area contributed by atoms with Gasteiger partial charge in [0, 0.05) is 0 Å². The van der Waals surface area contributed by atoms with Crippen molar-refractivity contribution in [1.82, 2.24) is 0 Å². The summed E-state index contributed by atoms with van der Waals surface area (Å²) in [5, 5.41) is 0. The van der Waals surface area contributed by atoms with Crippen LogP contribution in [0.4, 0.5) is 0 Å². The zero-order valence-electron chi connectivity index (χ0n) is 22.6. The molecule has 0 amide bonds. The van der Waals surface area contributed by atoms with Crippen LogP contribution in [0.25, 0.3) is 0 Å². The average Bonchev–Trinajstić information content (AvgIpc) is 2.92. The van der Waals surface area contributed by atoms with E-state index < -0.39 is 0 Å². The second-order valence-corrected chi connectivity index (χ2v) is 11.6. The van der Waals surface area contributed by atoms with Crippen LogP contribution in [0.1, 0.15) is 127 Å². The van der Waals surface area contributed by atoms with E-state index in [-0.39, 0.29) is 12.4 Å². The molecule has 0 N–H and O–H groups in total. The Bertz CT molecular complexity index is 735. The van der Waals surface area contributed by atoms with Gasteiger partial charge in [-0.3, -0.25) is 0 Å². The first-order valence-electron chi connectivity index (χ1n) is 14.8. The summed E-state index contributed by atoms with van der Waals surface area (Å²) in [7, 11) is 0. The van der Waals surface area contributed by atoms with Gasteiger partial charge >= 0.3 is 0 Å². The SMILES string of the molecule is CCCCC=CCO[C@@H]1CO[C@@H](c2ccc(C34CCC(CCCCCCC)(CC3)CC4)cc2)CO1. The summed E-state index contributed by atoms with van der Waals surface area (Å²) in [6.45, 7) is 6.19. The van der Waals surface area contributed by atoms with E-state index in [1.165, 1.54) is 95.5 Å². The lowest BCUT2D eigenvalue weighted by atomic mass is 9.51. The predicted octanol–water partition coefficient (Wildman–Crippen LogP) is 8.82. The fraction of sp³-hybridized carbons (Fsp3) is 0.750. The smallest absolute Gasteiger partial charge is 0.181 e. The topological polar surface area (TPSA) is 27.7 Å². The van der Waals surface area contributed by atoms with Crippen molar-refractivity contribution < 1.29 is 14.2 Å². The van der Waals surface area contributed by atoms with Crippen LogP contribution in [0.3, 0.4) is 0 Å². The number of hydrogen-bond acceptors (Lipinski definition) is 3. The maximum atomic E-state index is 6.12. The van der Waals surface area contributed by atoms with Gasteiger partial charge in [0.05, 0.1) is 19.8 Å². The van der Waals surface area contributed by atoms with Crippen LogP contribution < -0.4 is 0 Å². The Kier molecular flexibility index (Phi) is 10.3. The van der Waals surface area contributed by atoms with Crippen LogP contribution >= 0.6 is 0 Å². The molecule has 1 saturated heterocycles. The van der Waals surface area contributed by atoms with Crippen molar-refractivity contribution in [3.8, 4) is 0 Å². The van der Waals surface area contributed by atoms with Crippen molar-refractivity contribution in [2.75, 3.05) is 19.8 Å². The first kappa shape index (κ1) is 26.9. The Balaban J connectivity index is 1.21. The molecular weight excluding hydrogens is 432 g/mol. The van der Waals surface area contributed by atoms with Gasteiger partial charge in [0.1, 0.15) is 6.10 Å². The Morgan fingerprint density at radius 3 is 2.17 bits per heavy atom. The quantitative estimate of drug-likeness (QED) is 0.196. The maximum Gasteiger partial charge on any atom is 0.181 e. The molecule has 2 bridgehead atoms. The van der Waals surface area contributed by atoms with Crippen molar-refractivity contribution in [3.63, 3.8) is 0 Å². The number of rotatable bonds is 14. The summed E-state index contributed by atoms with van der Waals surface area (Å²) in [6, 6.07) is 9.37.